The van der Waals surface area contributed by atoms with Gasteiger partial charge in [0.05, 0.1) is 12.7 Å². The number of nitrogens with zero attached hydrogens (tertiary/aromatic N) is 2. The molecule has 2 aliphatic heterocycles. The van der Waals surface area contributed by atoms with Crippen molar-refractivity contribution in [3.8, 4) is 5.75 Å². The molecule has 1 amide bonds. The molecule has 0 aromatic heterocycles. The van der Waals surface area contributed by atoms with Crippen molar-refractivity contribution in [1.82, 2.24) is 9.80 Å². The van der Waals surface area contributed by atoms with E-state index in [4.69, 9.17) is 9.47 Å². The number of rotatable bonds is 8. The number of piperazine rings is 1. The molecule has 0 N–H and O–H groups in total. The van der Waals surface area contributed by atoms with Crippen LogP contribution in [0.1, 0.15) is 72.9 Å². The highest BCUT2D eigenvalue weighted by Gasteiger charge is 2.71. The van der Waals surface area contributed by atoms with Gasteiger partial charge in [-0.25, -0.2) is 4.79 Å². The van der Waals surface area contributed by atoms with E-state index in [9.17, 15) is 9.59 Å². The third-order valence-corrected chi connectivity index (χ3v) is 11.9. The summed E-state index contributed by atoms with van der Waals surface area (Å²) in [6.07, 6.45) is 10.3. The Morgan fingerprint density at radius 3 is 2.58 bits per heavy atom. The van der Waals surface area contributed by atoms with Crippen LogP contribution in [0.5, 0.6) is 5.75 Å². The summed E-state index contributed by atoms with van der Waals surface area (Å²) in [5.41, 5.74) is 3.72. The summed E-state index contributed by atoms with van der Waals surface area (Å²) in [5.74, 6) is 3.86. The standard InChI is InChI=1S/C34H40N2O4/c1-39-32(38)24-8-6-22(7-9-24)20-40-30-5-3-2-4-25(30)17-35-18-29-12-28(35)19-36(29)31(37)16-33-13-23-10-26-11-27(15-33)34(26,14-23)21-33/h2-9,23,26-29H,10-21H2,1H3. The van der Waals surface area contributed by atoms with Crippen LogP contribution in [0.3, 0.4) is 0 Å². The molecule has 7 unspecified atom stereocenters. The molecule has 0 radical (unpaired) electrons. The van der Waals surface area contributed by atoms with Crippen molar-refractivity contribution in [2.24, 2.45) is 28.6 Å². The van der Waals surface area contributed by atoms with Crippen LogP contribution in [0.4, 0.5) is 0 Å². The average molecular weight is 541 g/mol. The van der Waals surface area contributed by atoms with Crippen molar-refractivity contribution in [3.63, 3.8) is 0 Å². The third kappa shape index (κ3) is 3.85. The van der Waals surface area contributed by atoms with Crippen LogP contribution in [0.15, 0.2) is 48.5 Å². The van der Waals surface area contributed by atoms with E-state index in [0.29, 0.717) is 41.0 Å². The number of benzene rings is 2. The minimum absolute atomic E-state index is 0.327. The molecule has 6 nitrogen and oxygen atoms in total. The molecule has 1 spiro atoms. The smallest absolute Gasteiger partial charge is 0.337 e. The Kier molecular flexibility index (Phi) is 5.65. The molecule has 2 aromatic carbocycles. The van der Waals surface area contributed by atoms with Crippen LogP contribution in [0.25, 0.3) is 0 Å². The van der Waals surface area contributed by atoms with Crippen molar-refractivity contribution in [2.75, 3.05) is 20.2 Å². The van der Waals surface area contributed by atoms with E-state index >= 15 is 0 Å². The van der Waals surface area contributed by atoms with Gasteiger partial charge in [0.2, 0.25) is 5.91 Å². The lowest BCUT2D eigenvalue weighted by Gasteiger charge is -2.49. The third-order valence-electron chi connectivity index (χ3n) is 11.9. The van der Waals surface area contributed by atoms with Gasteiger partial charge >= 0.3 is 5.97 Å². The van der Waals surface area contributed by atoms with Crippen LogP contribution in [-0.2, 0) is 22.7 Å². The lowest BCUT2D eigenvalue weighted by Crippen LogP contribution is -2.49. The molecule has 2 aromatic rings. The molecule has 5 bridgehead atoms. The van der Waals surface area contributed by atoms with Gasteiger partial charge in [-0.1, -0.05) is 30.3 Å². The fourth-order valence-corrected chi connectivity index (χ4v) is 10.4. The lowest BCUT2D eigenvalue weighted by molar-refractivity contribution is -0.136. The van der Waals surface area contributed by atoms with E-state index < -0.39 is 0 Å². The highest BCUT2D eigenvalue weighted by Crippen LogP contribution is 2.79. The molecule has 40 heavy (non-hydrogen) atoms. The first-order chi connectivity index (χ1) is 19.4. The van der Waals surface area contributed by atoms with Crippen molar-refractivity contribution in [3.05, 3.63) is 65.2 Å². The van der Waals surface area contributed by atoms with Crippen LogP contribution in [0, 0.1) is 28.6 Å². The quantitative estimate of drug-likeness (QED) is 0.417. The van der Waals surface area contributed by atoms with Crippen molar-refractivity contribution in [1.29, 1.82) is 0 Å². The number of fused-ring (bicyclic) bond motifs is 4. The van der Waals surface area contributed by atoms with Crippen molar-refractivity contribution < 1.29 is 19.1 Å². The Balaban J connectivity index is 0.881. The van der Waals surface area contributed by atoms with Gasteiger partial charge in [0.25, 0.3) is 0 Å². The zero-order chi connectivity index (χ0) is 27.1. The summed E-state index contributed by atoms with van der Waals surface area (Å²) in [6.45, 7) is 3.13. The first kappa shape index (κ1) is 24.9. The molecular weight excluding hydrogens is 500 g/mol. The number of esters is 1. The monoisotopic (exact) mass is 540 g/mol. The van der Waals surface area contributed by atoms with E-state index in [1.165, 1.54) is 51.2 Å². The van der Waals surface area contributed by atoms with E-state index in [1.54, 1.807) is 12.1 Å². The number of hydrogen-bond acceptors (Lipinski definition) is 5. The second-order valence-corrected chi connectivity index (χ2v) is 14.0. The fourth-order valence-electron chi connectivity index (χ4n) is 10.4. The lowest BCUT2D eigenvalue weighted by atomic mass is 9.55. The zero-order valence-corrected chi connectivity index (χ0v) is 23.5. The number of likely N-dealkylation sites (tertiary alicyclic amines) is 2. The van der Waals surface area contributed by atoms with Gasteiger partial charge in [-0.05, 0) is 97.3 Å². The predicted octanol–water partition coefficient (Wildman–Crippen LogP) is 5.44. The highest BCUT2D eigenvalue weighted by atomic mass is 16.5. The SMILES string of the molecule is COC(=O)c1ccc(COc2ccccc2CN2CC3CC2CN3C(=O)CC23CC4CC5CC(C2)C5(C4)C3)cc1. The Morgan fingerprint density at radius 2 is 1.77 bits per heavy atom. The number of carbonyl (C=O) groups is 2. The first-order valence-corrected chi connectivity index (χ1v) is 15.4. The molecule has 4 aliphatic carbocycles. The molecule has 6 heteroatoms. The molecule has 6 fully saturated rings. The molecule has 6 aliphatic rings. The molecule has 4 saturated carbocycles. The number of ether oxygens (including phenoxy) is 2. The average Bonchev–Trinajstić information content (AvgIpc) is 3.65. The molecule has 7 atom stereocenters. The first-order valence-electron chi connectivity index (χ1n) is 15.4. The van der Waals surface area contributed by atoms with Crippen LogP contribution in [-0.4, -0.2) is 54.0 Å². The number of amides is 1. The Bertz CT molecular complexity index is 1340. The van der Waals surface area contributed by atoms with Gasteiger partial charge in [-0.3, -0.25) is 9.69 Å². The maximum atomic E-state index is 13.7. The van der Waals surface area contributed by atoms with Gasteiger partial charge in [-0.2, -0.15) is 0 Å². The number of para-hydroxylation sites is 1. The largest absolute Gasteiger partial charge is 0.489 e. The van der Waals surface area contributed by atoms with Crippen LogP contribution < -0.4 is 4.74 Å². The second-order valence-electron chi connectivity index (χ2n) is 14.0. The van der Waals surface area contributed by atoms with Crippen molar-refractivity contribution in [2.45, 2.75) is 76.6 Å². The van der Waals surface area contributed by atoms with Gasteiger partial charge in [0.15, 0.2) is 0 Å². The van der Waals surface area contributed by atoms with E-state index in [0.717, 1.165) is 61.5 Å². The normalized spacial score (nSPS) is 36.5. The Morgan fingerprint density at radius 1 is 0.925 bits per heavy atom. The summed E-state index contributed by atoms with van der Waals surface area (Å²) in [4.78, 5) is 30.2. The summed E-state index contributed by atoms with van der Waals surface area (Å²) in [6, 6.07) is 16.5. The number of hydrogen-bond donors (Lipinski definition) is 0. The molecular formula is C34H40N2O4. The molecule has 2 heterocycles. The minimum atomic E-state index is -0.332. The van der Waals surface area contributed by atoms with Gasteiger partial charge in [-0.15, -0.1) is 0 Å². The van der Waals surface area contributed by atoms with E-state index in [1.807, 2.05) is 24.3 Å². The highest BCUT2D eigenvalue weighted by molar-refractivity contribution is 5.89. The Labute approximate surface area is 237 Å². The predicted molar refractivity (Wildman–Crippen MR) is 151 cm³/mol. The van der Waals surface area contributed by atoms with Gasteiger partial charge in [0, 0.05) is 43.7 Å². The molecule has 8 rings (SSSR count). The number of methoxy groups -OCH3 is 1. The van der Waals surface area contributed by atoms with E-state index in [2.05, 4.69) is 21.9 Å². The summed E-state index contributed by atoms with van der Waals surface area (Å²) < 4.78 is 11.0. The fraction of sp³-hybridized carbons (Fsp3) is 0.588. The molecule has 2 saturated heterocycles. The topological polar surface area (TPSA) is 59.1 Å². The minimum Gasteiger partial charge on any atom is -0.489 e. The summed E-state index contributed by atoms with van der Waals surface area (Å²) in [7, 11) is 1.39. The maximum Gasteiger partial charge on any atom is 0.337 e. The summed E-state index contributed by atoms with van der Waals surface area (Å²) >= 11 is 0. The second kappa shape index (κ2) is 9.07. The van der Waals surface area contributed by atoms with Gasteiger partial charge < -0.3 is 14.4 Å². The zero-order valence-electron chi connectivity index (χ0n) is 23.5. The van der Waals surface area contributed by atoms with Crippen molar-refractivity contribution >= 4 is 11.9 Å². The van der Waals surface area contributed by atoms with Crippen LogP contribution in [0.2, 0.25) is 0 Å². The van der Waals surface area contributed by atoms with Crippen LogP contribution >= 0.6 is 0 Å². The maximum absolute atomic E-state index is 13.7. The summed E-state index contributed by atoms with van der Waals surface area (Å²) in [5, 5.41) is 0. The van der Waals surface area contributed by atoms with Gasteiger partial charge in [0.1, 0.15) is 12.4 Å². The van der Waals surface area contributed by atoms with E-state index in [-0.39, 0.29) is 5.97 Å². The Hall–Kier alpha value is -2.86. The number of carbonyl (C=O) groups excluding carboxylic acids is 2. The molecule has 210 valence electrons.